The topological polar surface area (TPSA) is 63.7 Å². The molecule has 1 saturated carbocycles. The zero-order valence-electron chi connectivity index (χ0n) is 12.4. The summed E-state index contributed by atoms with van der Waals surface area (Å²) in [6, 6.07) is 8.96. The summed E-state index contributed by atoms with van der Waals surface area (Å²) in [4.78, 5) is 27.2. The highest BCUT2D eigenvalue weighted by Crippen LogP contribution is 2.29. The van der Waals surface area contributed by atoms with Gasteiger partial charge < -0.3 is 13.7 Å². The average molecular weight is 309 g/mol. The lowest BCUT2D eigenvalue weighted by molar-refractivity contribution is 0.0726. The Hall–Kier alpha value is -2.82. The van der Waals surface area contributed by atoms with Crippen molar-refractivity contribution in [1.29, 1.82) is 0 Å². The van der Waals surface area contributed by atoms with Crippen molar-refractivity contribution in [3.63, 3.8) is 0 Å². The number of amides is 1. The number of carbonyl (C=O) groups excluding carboxylic acids is 1. The molecule has 1 fully saturated rings. The van der Waals surface area contributed by atoms with Gasteiger partial charge in [-0.3, -0.25) is 9.59 Å². The quantitative estimate of drug-likeness (QED) is 0.742. The second kappa shape index (κ2) is 5.43. The fourth-order valence-electron chi connectivity index (χ4n) is 2.71. The first kappa shape index (κ1) is 13.8. The number of hydrogen-bond donors (Lipinski definition) is 0. The Morgan fingerprint density at radius 1 is 1.17 bits per heavy atom. The highest BCUT2D eigenvalue weighted by molar-refractivity contribution is 5.96. The molecule has 0 radical (unpaired) electrons. The van der Waals surface area contributed by atoms with Gasteiger partial charge in [0.05, 0.1) is 17.9 Å². The summed E-state index contributed by atoms with van der Waals surface area (Å²) in [5, 5.41) is 0.428. The number of hydrogen-bond acceptors (Lipinski definition) is 4. The van der Waals surface area contributed by atoms with Crippen LogP contribution in [0.2, 0.25) is 0 Å². The zero-order valence-corrected chi connectivity index (χ0v) is 12.4. The van der Waals surface area contributed by atoms with E-state index in [9.17, 15) is 9.59 Å². The molecule has 4 rings (SSSR count). The Labute approximate surface area is 132 Å². The van der Waals surface area contributed by atoms with Gasteiger partial charge in [-0.05, 0) is 31.0 Å². The minimum Gasteiger partial charge on any atom is -0.472 e. The first-order valence-corrected chi connectivity index (χ1v) is 7.56. The van der Waals surface area contributed by atoms with E-state index in [4.69, 9.17) is 8.83 Å². The van der Waals surface area contributed by atoms with Gasteiger partial charge in [-0.15, -0.1) is 0 Å². The van der Waals surface area contributed by atoms with Crippen LogP contribution in [-0.4, -0.2) is 16.8 Å². The van der Waals surface area contributed by atoms with Crippen LogP contribution in [0.15, 0.2) is 62.8 Å². The van der Waals surface area contributed by atoms with E-state index in [1.807, 2.05) is 6.07 Å². The zero-order chi connectivity index (χ0) is 15.8. The van der Waals surface area contributed by atoms with Crippen LogP contribution in [0.25, 0.3) is 11.0 Å². The molecule has 2 aromatic heterocycles. The van der Waals surface area contributed by atoms with Crippen molar-refractivity contribution in [3.05, 3.63) is 70.5 Å². The van der Waals surface area contributed by atoms with Gasteiger partial charge in [-0.2, -0.15) is 0 Å². The lowest BCUT2D eigenvalue weighted by atomic mass is 10.1. The first-order chi connectivity index (χ1) is 11.2. The predicted octanol–water partition coefficient (Wildman–Crippen LogP) is 3.19. The van der Waals surface area contributed by atoms with E-state index in [0.29, 0.717) is 17.5 Å². The van der Waals surface area contributed by atoms with E-state index >= 15 is 0 Å². The summed E-state index contributed by atoms with van der Waals surface area (Å²) in [7, 11) is 0. The Morgan fingerprint density at radius 3 is 2.74 bits per heavy atom. The minimum atomic E-state index is -0.284. The average Bonchev–Trinajstić information content (AvgIpc) is 3.29. The SMILES string of the molecule is O=C(c1coc2ccccc2c1=O)N(Cc1ccoc1)C1CC1. The van der Waals surface area contributed by atoms with Gasteiger partial charge >= 0.3 is 0 Å². The second-order valence-electron chi connectivity index (χ2n) is 5.77. The normalized spacial score (nSPS) is 14.1. The maximum Gasteiger partial charge on any atom is 0.261 e. The van der Waals surface area contributed by atoms with Gasteiger partial charge in [-0.1, -0.05) is 12.1 Å². The van der Waals surface area contributed by atoms with Crippen molar-refractivity contribution in [2.45, 2.75) is 25.4 Å². The van der Waals surface area contributed by atoms with Gasteiger partial charge in [0, 0.05) is 18.2 Å². The molecule has 0 saturated heterocycles. The monoisotopic (exact) mass is 309 g/mol. The van der Waals surface area contributed by atoms with Crippen molar-refractivity contribution < 1.29 is 13.6 Å². The predicted molar refractivity (Wildman–Crippen MR) is 84.1 cm³/mol. The summed E-state index contributed by atoms with van der Waals surface area (Å²) in [6.45, 7) is 0.437. The fourth-order valence-corrected chi connectivity index (χ4v) is 2.71. The molecule has 2 heterocycles. The molecule has 0 atom stereocenters. The fraction of sp³-hybridized carbons (Fsp3) is 0.222. The number of fused-ring (bicyclic) bond motifs is 1. The Bertz CT molecular complexity index is 906. The minimum absolute atomic E-state index is 0.0825. The largest absolute Gasteiger partial charge is 0.472 e. The molecule has 0 unspecified atom stereocenters. The summed E-state index contributed by atoms with van der Waals surface area (Å²) < 4.78 is 10.5. The van der Waals surface area contributed by atoms with Crippen LogP contribution in [0, 0.1) is 0 Å². The van der Waals surface area contributed by atoms with Crippen LogP contribution in [0.1, 0.15) is 28.8 Å². The van der Waals surface area contributed by atoms with Gasteiger partial charge in [0.25, 0.3) is 5.91 Å². The van der Waals surface area contributed by atoms with Crippen molar-refractivity contribution in [2.75, 3.05) is 0 Å². The molecule has 1 aliphatic carbocycles. The maximum absolute atomic E-state index is 12.9. The molecule has 116 valence electrons. The third kappa shape index (κ3) is 2.54. The lowest BCUT2D eigenvalue weighted by Gasteiger charge is -2.21. The molecule has 5 heteroatoms. The molecule has 0 aliphatic heterocycles. The highest BCUT2D eigenvalue weighted by Gasteiger charge is 2.34. The first-order valence-electron chi connectivity index (χ1n) is 7.56. The van der Waals surface area contributed by atoms with E-state index < -0.39 is 0 Å². The van der Waals surface area contributed by atoms with Crippen LogP contribution >= 0.6 is 0 Å². The van der Waals surface area contributed by atoms with Gasteiger partial charge in [0.1, 0.15) is 17.4 Å². The smallest absolute Gasteiger partial charge is 0.261 e. The summed E-state index contributed by atoms with van der Waals surface area (Å²) >= 11 is 0. The van der Waals surface area contributed by atoms with Crippen molar-refractivity contribution in [3.8, 4) is 0 Å². The van der Waals surface area contributed by atoms with E-state index in [1.54, 1.807) is 41.7 Å². The molecule has 23 heavy (non-hydrogen) atoms. The van der Waals surface area contributed by atoms with E-state index in [-0.39, 0.29) is 22.9 Å². The summed E-state index contributed by atoms with van der Waals surface area (Å²) in [5.74, 6) is -0.284. The molecule has 5 nitrogen and oxygen atoms in total. The van der Waals surface area contributed by atoms with Crippen molar-refractivity contribution in [1.82, 2.24) is 4.90 Å². The Balaban J connectivity index is 1.72. The number of rotatable bonds is 4. The van der Waals surface area contributed by atoms with E-state index in [1.165, 1.54) is 6.26 Å². The number of nitrogens with zero attached hydrogens (tertiary/aromatic N) is 1. The molecule has 0 N–H and O–H groups in total. The second-order valence-corrected chi connectivity index (χ2v) is 5.77. The third-order valence-electron chi connectivity index (χ3n) is 4.09. The van der Waals surface area contributed by atoms with Gasteiger partial charge in [-0.25, -0.2) is 0 Å². The van der Waals surface area contributed by atoms with Crippen LogP contribution in [0.4, 0.5) is 0 Å². The molecular weight excluding hydrogens is 294 g/mol. The molecule has 1 aliphatic rings. The lowest BCUT2D eigenvalue weighted by Crippen LogP contribution is -2.35. The van der Waals surface area contributed by atoms with E-state index in [2.05, 4.69) is 0 Å². The summed E-state index contributed by atoms with van der Waals surface area (Å²) in [5.41, 5.74) is 1.20. The molecule has 0 bridgehead atoms. The van der Waals surface area contributed by atoms with Crippen molar-refractivity contribution >= 4 is 16.9 Å². The number of benzene rings is 1. The third-order valence-corrected chi connectivity index (χ3v) is 4.09. The van der Waals surface area contributed by atoms with Gasteiger partial charge in [0.2, 0.25) is 5.43 Å². The maximum atomic E-state index is 12.9. The standard InChI is InChI=1S/C18H15NO4/c20-17-14-3-1-2-4-16(14)23-11-15(17)18(21)19(13-5-6-13)9-12-7-8-22-10-12/h1-4,7-8,10-11,13H,5-6,9H2. The molecule has 1 aromatic carbocycles. The summed E-state index contributed by atoms with van der Waals surface area (Å²) in [6.07, 6.45) is 6.39. The van der Waals surface area contributed by atoms with Crippen LogP contribution < -0.4 is 5.43 Å². The highest BCUT2D eigenvalue weighted by atomic mass is 16.3. The van der Waals surface area contributed by atoms with Crippen LogP contribution in [0.3, 0.4) is 0 Å². The Morgan fingerprint density at radius 2 is 2.00 bits per heavy atom. The number of para-hydroxylation sites is 1. The molecule has 1 amide bonds. The molecular formula is C18H15NO4. The van der Waals surface area contributed by atoms with Crippen molar-refractivity contribution in [2.24, 2.45) is 0 Å². The number of furan rings is 1. The molecule has 0 spiro atoms. The van der Waals surface area contributed by atoms with E-state index in [0.717, 1.165) is 18.4 Å². The Kier molecular flexibility index (Phi) is 3.26. The molecule has 3 aromatic rings. The van der Waals surface area contributed by atoms with Gasteiger partial charge in [0.15, 0.2) is 0 Å². The number of carbonyl (C=O) groups is 1. The van der Waals surface area contributed by atoms with Crippen LogP contribution in [-0.2, 0) is 6.54 Å². The van der Waals surface area contributed by atoms with Crippen LogP contribution in [0.5, 0.6) is 0 Å².